The Balaban J connectivity index is 1.64. The third-order valence-electron chi connectivity index (χ3n) is 6.29. The van der Waals surface area contributed by atoms with Crippen molar-refractivity contribution in [3.05, 3.63) is 82.0 Å². The molecule has 7 heteroatoms. The molecule has 0 aliphatic heterocycles. The molecule has 178 valence electrons. The van der Waals surface area contributed by atoms with Gasteiger partial charge in [-0.3, -0.25) is 9.78 Å². The Labute approximate surface area is 214 Å². The number of benzene rings is 3. The highest BCUT2D eigenvalue weighted by Crippen LogP contribution is 2.40. The molecule has 3 aromatic carbocycles. The van der Waals surface area contributed by atoms with Gasteiger partial charge in [0.2, 0.25) is 0 Å². The van der Waals surface area contributed by atoms with Gasteiger partial charge in [0.15, 0.2) is 11.5 Å². The molecule has 0 unspecified atom stereocenters. The molecule has 0 radical (unpaired) electrons. The SMILES string of the molecule is CNCCc1cccc(Nc2c(C(=O)C3CC3)cnc3ccc(-c4cc(Cl)c(O)c(Cl)c4)cc23)c1. The number of nitrogens with zero attached hydrogens (tertiary/aromatic N) is 1. The van der Waals surface area contributed by atoms with Crippen molar-refractivity contribution in [1.82, 2.24) is 10.3 Å². The third-order valence-corrected chi connectivity index (χ3v) is 6.87. The van der Waals surface area contributed by atoms with Gasteiger partial charge in [0.1, 0.15) is 0 Å². The average molecular weight is 506 g/mol. The lowest BCUT2D eigenvalue weighted by atomic mass is 9.98. The highest BCUT2D eigenvalue weighted by atomic mass is 35.5. The summed E-state index contributed by atoms with van der Waals surface area (Å²) in [6, 6.07) is 17.4. The molecule has 35 heavy (non-hydrogen) atoms. The van der Waals surface area contributed by atoms with Crippen molar-refractivity contribution in [2.45, 2.75) is 19.3 Å². The zero-order valence-electron chi connectivity index (χ0n) is 19.2. The van der Waals surface area contributed by atoms with Crippen LogP contribution in [0, 0.1) is 5.92 Å². The molecule has 5 rings (SSSR count). The molecular formula is C28H25Cl2N3O2. The summed E-state index contributed by atoms with van der Waals surface area (Å²) in [5.41, 5.74) is 5.84. The fourth-order valence-electron chi connectivity index (χ4n) is 4.21. The average Bonchev–Trinajstić information content (AvgIpc) is 3.71. The van der Waals surface area contributed by atoms with Crippen LogP contribution in [0.5, 0.6) is 5.75 Å². The van der Waals surface area contributed by atoms with Crippen molar-refractivity contribution < 1.29 is 9.90 Å². The van der Waals surface area contributed by atoms with Crippen molar-refractivity contribution in [1.29, 1.82) is 0 Å². The number of rotatable bonds is 8. The Bertz CT molecular complexity index is 1410. The predicted molar refractivity (Wildman–Crippen MR) is 143 cm³/mol. The van der Waals surface area contributed by atoms with Gasteiger partial charge < -0.3 is 15.7 Å². The van der Waals surface area contributed by atoms with Gasteiger partial charge in [-0.25, -0.2) is 0 Å². The molecule has 4 aromatic rings. The Morgan fingerprint density at radius 1 is 1.06 bits per heavy atom. The van der Waals surface area contributed by atoms with Crippen LogP contribution < -0.4 is 10.6 Å². The second-order valence-electron chi connectivity index (χ2n) is 8.88. The molecule has 0 amide bonds. The van der Waals surface area contributed by atoms with E-state index in [1.165, 1.54) is 5.56 Å². The van der Waals surface area contributed by atoms with Crippen LogP contribution in [0.2, 0.25) is 10.0 Å². The van der Waals surface area contributed by atoms with E-state index in [0.29, 0.717) is 5.56 Å². The Kier molecular flexibility index (Phi) is 6.65. The van der Waals surface area contributed by atoms with Crippen molar-refractivity contribution in [3.63, 3.8) is 0 Å². The minimum absolute atomic E-state index is 0.0645. The smallest absolute Gasteiger partial charge is 0.169 e. The summed E-state index contributed by atoms with van der Waals surface area (Å²) in [6.07, 6.45) is 4.42. The second-order valence-corrected chi connectivity index (χ2v) is 9.70. The Hall–Kier alpha value is -3.12. The van der Waals surface area contributed by atoms with Gasteiger partial charge in [-0.1, -0.05) is 41.4 Å². The maximum Gasteiger partial charge on any atom is 0.169 e. The largest absolute Gasteiger partial charge is 0.505 e. The zero-order chi connectivity index (χ0) is 24.5. The van der Waals surface area contributed by atoms with Crippen molar-refractivity contribution in [3.8, 4) is 16.9 Å². The van der Waals surface area contributed by atoms with Crippen LogP contribution in [0.3, 0.4) is 0 Å². The summed E-state index contributed by atoms with van der Waals surface area (Å²) >= 11 is 12.4. The van der Waals surface area contributed by atoms with E-state index in [-0.39, 0.29) is 27.5 Å². The first kappa shape index (κ1) is 23.6. The summed E-state index contributed by atoms with van der Waals surface area (Å²) in [5.74, 6) is 0.0430. The lowest BCUT2D eigenvalue weighted by Gasteiger charge is -2.16. The van der Waals surface area contributed by atoms with Gasteiger partial charge in [0.25, 0.3) is 0 Å². The number of Topliss-reactive ketones (excluding diaryl/α,β-unsaturated/α-hetero) is 1. The molecule has 1 aliphatic rings. The summed E-state index contributed by atoms with van der Waals surface area (Å²) in [7, 11) is 1.94. The standard InChI is InChI=1S/C28H25Cl2N3O2/c1-31-10-9-16-3-2-4-20(11-16)33-26-21-12-18(19-13-23(29)28(35)24(30)14-19)7-8-25(21)32-15-22(26)27(34)17-5-6-17/h2-4,7-8,11-15,17,31,35H,5-6,9-10H2,1H3,(H,32,33). The normalized spacial score (nSPS) is 13.2. The molecule has 0 atom stereocenters. The number of nitrogens with one attached hydrogen (secondary N) is 2. The van der Waals surface area contributed by atoms with Crippen molar-refractivity contribution in [2.24, 2.45) is 5.92 Å². The number of phenols is 1. The minimum atomic E-state index is -0.141. The number of ketones is 1. The van der Waals surface area contributed by atoms with Gasteiger partial charge >= 0.3 is 0 Å². The molecule has 0 bridgehead atoms. The van der Waals surface area contributed by atoms with Gasteiger partial charge in [-0.15, -0.1) is 0 Å². The number of carbonyl (C=O) groups is 1. The molecule has 3 N–H and O–H groups in total. The van der Waals surface area contributed by atoms with Gasteiger partial charge in [-0.2, -0.15) is 0 Å². The summed E-state index contributed by atoms with van der Waals surface area (Å²) in [5, 5.41) is 17.9. The minimum Gasteiger partial charge on any atom is -0.505 e. The van der Waals surface area contributed by atoms with E-state index in [4.69, 9.17) is 23.2 Å². The Morgan fingerprint density at radius 3 is 2.54 bits per heavy atom. The van der Waals surface area contributed by atoms with E-state index >= 15 is 0 Å². The van der Waals surface area contributed by atoms with Crippen LogP contribution >= 0.6 is 23.2 Å². The van der Waals surface area contributed by atoms with Crippen molar-refractivity contribution >= 4 is 51.3 Å². The highest BCUT2D eigenvalue weighted by Gasteiger charge is 2.32. The van der Waals surface area contributed by atoms with Crippen LogP contribution in [0.15, 0.2) is 60.8 Å². The molecule has 0 saturated heterocycles. The van der Waals surface area contributed by atoms with Crippen LogP contribution in [-0.2, 0) is 6.42 Å². The lowest BCUT2D eigenvalue weighted by molar-refractivity contribution is 0.0968. The van der Waals surface area contributed by atoms with Crippen LogP contribution in [0.1, 0.15) is 28.8 Å². The Morgan fingerprint density at radius 2 is 1.83 bits per heavy atom. The molecule has 1 aromatic heterocycles. The molecular weight excluding hydrogens is 481 g/mol. The molecule has 1 aliphatic carbocycles. The number of hydrogen-bond donors (Lipinski definition) is 3. The summed E-state index contributed by atoms with van der Waals surface area (Å²) in [4.78, 5) is 17.8. The first-order valence-corrected chi connectivity index (χ1v) is 12.4. The number of anilines is 2. The number of carbonyl (C=O) groups excluding carboxylic acids is 1. The third kappa shape index (κ3) is 4.98. The molecule has 1 saturated carbocycles. The molecule has 1 heterocycles. The number of likely N-dealkylation sites (N-methyl/N-ethyl adjacent to an activating group) is 1. The number of aromatic hydroxyl groups is 1. The van der Waals surface area contributed by atoms with E-state index in [1.807, 2.05) is 37.4 Å². The van der Waals surface area contributed by atoms with Crippen LogP contribution in [-0.4, -0.2) is 29.5 Å². The van der Waals surface area contributed by atoms with E-state index in [0.717, 1.165) is 59.2 Å². The van der Waals surface area contributed by atoms with E-state index in [1.54, 1.807) is 18.3 Å². The van der Waals surface area contributed by atoms with E-state index in [2.05, 4.69) is 27.8 Å². The second kappa shape index (κ2) is 9.86. The molecule has 1 fully saturated rings. The maximum absolute atomic E-state index is 13.2. The highest BCUT2D eigenvalue weighted by molar-refractivity contribution is 6.37. The predicted octanol–water partition coefficient (Wildman–Crippen LogP) is 7.01. The van der Waals surface area contributed by atoms with E-state index in [9.17, 15) is 9.90 Å². The number of halogens is 2. The fourth-order valence-corrected chi connectivity index (χ4v) is 4.70. The van der Waals surface area contributed by atoms with E-state index < -0.39 is 0 Å². The number of phenolic OH excluding ortho intramolecular Hbond substituents is 1. The van der Waals surface area contributed by atoms with Crippen molar-refractivity contribution in [2.75, 3.05) is 18.9 Å². The first-order chi connectivity index (χ1) is 16.9. The fraction of sp³-hybridized carbons (Fsp3) is 0.214. The maximum atomic E-state index is 13.2. The van der Waals surface area contributed by atoms with Gasteiger partial charge in [0, 0.05) is 23.2 Å². The molecule has 0 spiro atoms. The zero-order valence-corrected chi connectivity index (χ0v) is 20.7. The van der Waals surface area contributed by atoms with Crippen LogP contribution in [0.25, 0.3) is 22.0 Å². The quantitative estimate of drug-likeness (QED) is 0.224. The topological polar surface area (TPSA) is 74.2 Å². The summed E-state index contributed by atoms with van der Waals surface area (Å²) < 4.78 is 0. The molecule has 5 nitrogen and oxygen atoms in total. The first-order valence-electron chi connectivity index (χ1n) is 11.6. The van der Waals surface area contributed by atoms with Gasteiger partial charge in [0.05, 0.1) is 26.8 Å². The number of hydrogen-bond acceptors (Lipinski definition) is 5. The lowest BCUT2D eigenvalue weighted by Crippen LogP contribution is -2.10. The summed E-state index contributed by atoms with van der Waals surface area (Å²) in [6.45, 7) is 0.883. The number of pyridine rings is 1. The van der Waals surface area contributed by atoms with Crippen LogP contribution in [0.4, 0.5) is 11.4 Å². The number of fused-ring (bicyclic) bond motifs is 1. The monoisotopic (exact) mass is 505 g/mol. The number of aromatic nitrogens is 1. The van der Waals surface area contributed by atoms with Gasteiger partial charge in [-0.05, 0) is 85.9 Å².